The molecule has 1 aliphatic rings. The van der Waals surface area contributed by atoms with E-state index < -0.39 is 11.7 Å². The zero-order valence-electron chi connectivity index (χ0n) is 20.9. The van der Waals surface area contributed by atoms with Crippen molar-refractivity contribution in [1.82, 2.24) is 5.27 Å². The molecule has 10 nitrogen and oxygen atoms in total. The third-order valence-electron chi connectivity index (χ3n) is 5.78. The first-order valence-electron chi connectivity index (χ1n) is 11.7. The number of rotatable bonds is 8. The number of methoxy groups -OCH3 is 2. The van der Waals surface area contributed by atoms with Gasteiger partial charge in [0.1, 0.15) is 5.70 Å². The molecular formula is C28H22N4O6S. The van der Waals surface area contributed by atoms with Crippen molar-refractivity contribution in [2.75, 3.05) is 24.9 Å². The summed E-state index contributed by atoms with van der Waals surface area (Å²) in [5, 5.41) is 16.4. The first-order valence-corrected chi connectivity index (χ1v) is 12.7. The van der Waals surface area contributed by atoms with Crippen molar-refractivity contribution >= 4 is 40.4 Å². The first-order chi connectivity index (χ1) is 19.0. The van der Waals surface area contributed by atoms with Crippen molar-refractivity contribution in [3.63, 3.8) is 0 Å². The van der Waals surface area contributed by atoms with Crippen molar-refractivity contribution < 1.29 is 33.4 Å². The number of hydrogen-bond acceptors (Lipinski definition) is 9. The molecule has 0 N–H and O–H groups in total. The summed E-state index contributed by atoms with van der Waals surface area (Å²) in [5.74, 6) is -0.970. The van der Waals surface area contributed by atoms with Crippen LogP contribution in [0.25, 0.3) is 11.8 Å². The van der Waals surface area contributed by atoms with Crippen LogP contribution in [0.5, 0.6) is 17.4 Å². The van der Waals surface area contributed by atoms with E-state index in [1.54, 1.807) is 78.9 Å². The molecule has 196 valence electrons. The molecule has 1 aliphatic heterocycles. The molecule has 2 heterocycles. The van der Waals surface area contributed by atoms with E-state index in [9.17, 15) is 14.7 Å². The number of carbonyl (C=O) groups excluding carboxylic acids is 2. The zero-order chi connectivity index (χ0) is 27.4. The number of amidine groups is 1. The molecule has 0 aliphatic carbocycles. The summed E-state index contributed by atoms with van der Waals surface area (Å²) >= 11 is 1.03. The second-order valence-electron chi connectivity index (χ2n) is 8.15. The Morgan fingerprint density at radius 3 is 2.44 bits per heavy atom. The number of aromatic nitrogens is 2. The van der Waals surface area contributed by atoms with Crippen LogP contribution in [0.15, 0.2) is 94.1 Å². The Bertz CT molecular complexity index is 1580. The second-order valence-corrected chi connectivity index (χ2v) is 9.09. The van der Waals surface area contributed by atoms with Gasteiger partial charge in [-0.25, -0.2) is 4.99 Å². The van der Waals surface area contributed by atoms with Gasteiger partial charge in [-0.3, -0.25) is 14.5 Å². The molecule has 1 amide bonds. The van der Waals surface area contributed by atoms with Gasteiger partial charge < -0.3 is 19.1 Å². The quantitative estimate of drug-likeness (QED) is 0.189. The van der Waals surface area contributed by atoms with Crippen molar-refractivity contribution in [1.29, 1.82) is 0 Å². The zero-order valence-corrected chi connectivity index (χ0v) is 21.8. The van der Waals surface area contributed by atoms with E-state index in [1.807, 2.05) is 6.07 Å². The molecule has 11 heteroatoms. The Morgan fingerprint density at radius 1 is 1.03 bits per heavy atom. The molecule has 3 aromatic carbocycles. The SMILES string of the molecule is COc1cccc(/C=C2/N=C(SCC(=O)c3c([O-])on[n+]3-c3ccccc3)N(c3ccccc3)C2=O)c1OC. The van der Waals surface area contributed by atoms with E-state index in [2.05, 4.69) is 10.3 Å². The number of benzene rings is 3. The van der Waals surface area contributed by atoms with Crippen LogP contribution in [0.3, 0.4) is 0 Å². The van der Waals surface area contributed by atoms with E-state index in [1.165, 1.54) is 23.8 Å². The number of Topliss-reactive ketones (excluding diaryl/α,β-unsaturated/α-hetero) is 1. The Balaban J connectivity index is 1.47. The van der Waals surface area contributed by atoms with Crippen LogP contribution < -0.4 is 24.2 Å². The van der Waals surface area contributed by atoms with Crippen LogP contribution in [0.4, 0.5) is 5.69 Å². The molecular weight excluding hydrogens is 520 g/mol. The Labute approximate surface area is 227 Å². The standard InChI is InChI=1S/C28H22N4O6S/c1-36-23-15-9-10-18(25(23)37-2)16-21-26(34)31(19-11-5-3-6-12-19)28(29-21)39-17-22(33)24-27(35)38-30-32(24)20-13-7-4-8-14-20/h3-16H,17H2,1-2H3/b21-16+. The molecule has 0 saturated carbocycles. The van der Waals surface area contributed by atoms with Gasteiger partial charge in [0.2, 0.25) is 11.5 Å². The highest BCUT2D eigenvalue weighted by Gasteiger charge is 2.34. The Kier molecular flexibility index (Phi) is 7.41. The van der Waals surface area contributed by atoms with Crippen molar-refractivity contribution in [2.45, 2.75) is 0 Å². The molecule has 0 fully saturated rings. The first kappa shape index (κ1) is 25.7. The number of hydrogen-bond donors (Lipinski definition) is 0. The van der Waals surface area contributed by atoms with Crippen LogP contribution in [-0.4, -0.2) is 42.1 Å². The van der Waals surface area contributed by atoms with Gasteiger partial charge in [0.25, 0.3) is 5.91 Å². The molecule has 5 rings (SSSR count). The van der Waals surface area contributed by atoms with Gasteiger partial charge in [0, 0.05) is 17.7 Å². The topological polar surface area (TPSA) is 121 Å². The maximum Gasteiger partial charge on any atom is 0.307 e. The van der Waals surface area contributed by atoms with Gasteiger partial charge in [0.05, 0.1) is 30.9 Å². The van der Waals surface area contributed by atoms with Gasteiger partial charge in [-0.1, -0.05) is 60.3 Å². The number of amides is 1. The highest BCUT2D eigenvalue weighted by Crippen LogP contribution is 2.35. The van der Waals surface area contributed by atoms with Crippen molar-refractivity contribution in [3.8, 4) is 23.1 Å². The summed E-state index contributed by atoms with van der Waals surface area (Å²) in [6.07, 6.45) is 1.61. The molecule has 39 heavy (non-hydrogen) atoms. The van der Waals surface area contributed by atoms with E-state index in [0.717, 1.165) is 11.8 Å². The summed E-state index contributed by atoms with van der Waals surface area (Å²) in [4.78, 5) is 32.7. The Morgan fingerprint density at radius 2 is 1.74 bits per heavy atom. The predicted molar refractivity (Wildman–Crippen MR) is 143 cm³/mol. The molecule has 0 bridgehead atoms. The summed E-state index contributed by atoms with van der Waals surface area (Å²) in [6.45, 7) is 0. The second kappa shape index (κ2) is 11.2. The number of aliphatic imine (C=N–C) groups is 1. The van der Waals surface area contributed by atoms with Gasteiger partial charge in [-0.2, -0.15) is 0 Å². The fourth-order valence-electron chi connectivity index (χ4n) is 4.00. The smallest absolute Gasteiger partial charge is 0.307 e. The normalized spacial score (nSPS) is 14.0. The van der Waals surface area contributed by atoms with Gasteiger partial charge in [-0.05, 0) is 29.0 Å². The molecule has 0 radical (unpaired) electrons. The minimum atomic E-state index is -0.848. The Hall–Kier alpha value is -4.90. The number of ether oxygens (including phenoxy) is 2. The van der Waals surface area contributed by atoms with Gasteiger partial charge in [-0.15, -0.1) is 0 Å². The predicted octanol–water partition coefficient (Wildman–Crippen LogP) is 3.40. The lowest BCUT2D eigenvalue weighted by molar-refractivity contribution is -0.672. The minimum absolute atomic E-state index is 0.147. The van der Waals surface area contributed by atoms with Gasteiger partial charge in [0.15, 0.2) is 22.6 Å². The molecule has 0 unspecified atom stereocenters. The van der Waals surface area contributed by atoms with Crippen LogP contribution in [0, 0.1) is 0 Å². The molecule has 4 aromatic rings. The fourth-order valence-corrected chi connectivity index (χ4v) is 4.87. The maximum absolute atomic E-state index is 13.5. The largest absolute Gasteiger partial charge is 0.539 e. The lowest BCUT2D eigenvalue weighted by Crippen LogP contribution is -2.39. The van der Waals surface area contributed by atoms with Crippen LogP contribution in [0.2, 0.25) is 0 Å². The van der Waals surface area contributed by atoms with E-state index >= 15 is 0 Å². The minimum Gasteiger partial charge on any atom is -0.539 e. The summed E-state index contributed by atoms with van der Waals surface area (Å²) in [5.41, 5.74) is 1.61. The molecule has 0 spiro atoms. The number of nitrogens with zero attached hydrogens (tertiary/aromatic N) is 4. The average molecular weight is 543 g/mol. The van der Waals surface area contributed by atoms with E-state index in [0.29, 0.717) is 28.4 Å². The molecule has 0 atom stereocenters. The third kappa shape index (κ3) is 5.12. The third-order valence-corrected chi connectivity index (χ3v) is 6.72. The monoisotopic (exact) mass is 542 g/mol. The number of para-hydroxylation sites is 3. The van der Waals surface area contributed by atoms with Crippen LogP contribution in [0.1, 0.15) is 16.1 Å². The van der Waals surface area contributed by atoms with E-state index in [4.69, 9.17) is 14.0 Å². The number of thioether (sulfide) groups is 1. The summed E-state index contributed by atoms with van der Waals surface area (Å²) < 4.78 is 16.8. The number of carbonyl (C=O) groups is 2. The number of anilines is 1. The highest BCUT2D eigenvalue weighted by molar-refractivity contribution is 8.14. The molecule has 1 aromatic heterocycles. The van der Waals surface area contributed by atoms with Crippen molar-refractivity contribution in [2.24, 2.45) is 4.99 Å². The highest BCUT2D eigenvalue weighted by atomic mass is 32.2. The van der Waals surface area contributed by atoms with Gasteiger partial charge >= 0.3 is 5.69 Å². The van der Waals surface area contributed by atoms with Crippen LogP contribution in [-0.2, 0) is 4.79 Å². The lowest BCUT2D eigenvalue weighted by atomic mass is 10.1. The summed E-state index contributed by atoms with van der Waals surface area (Å²) in [7, 11) is 3.04. The number of ketones is 1. The molecule has 0 saturated heterocycles. The average Bonchev–Trinajstić information content (AvgIpc) is 3.51. The lowest BCUT2D eigenvalue weighted by Gasteiger charge is -2.17. The van der Waals surface area contributed by atoms with E-state index in [-0.39, 0.29) is 28.2 Å². The van der Waals surface area contributed by atoms with Crippen LogP contribution >= 0.6 is 11.8 Å². The summed E-state index contributed by atoms with van der Waals surface area (Å²) in [6, 6.07) is 23.0. The fraction of sp³-hybridized carbons (Fsp3) is 0.107. The maximum atomic E-state index is 13.5. The van der Waals surface area contributed by atoms with Crippen molar-refractivity contribution in [3.05, 3.63) is 95.8 Å².